The SMILES string of the molecule is CNS(=O)(=O)Cc1ccc(CNC(=O)C(=O)Nc2ccc(Cl)c(F)c2)cc1. The van der Waals surface area contributed by atoms with Crippen molar-refractivity contribution in [1.82, 2.24) is 10.0 Å². The molecule has 0 radical (unpaired) electrons. The van der Waals surface area contributed by atoms with Gasteiger partial charge < -0.3 is 10.6 Å². The van der Waals surface area contributed by atoms with E-state index in [9.17, 15) is 22.4 Å². The molecule has 0 saturated heterocycles. The molecule has 2 rings (SSSR count). The summed E-state index contributed by atoms with van der Waals surface area (Å²) in [6, 6.07) is 10.2. The van der Waals surface area contributed by atoms with Gasteiger partial charge in [-0.1, -0.05) is 35.9 Å². The number of halogens is 2. The minimum atomic E-state index is -3.37. The van der Waals surface area contributed by atoms with Crippen LogP contribution in [0.3, 0.4) is 0 Å². The second-order valence-corrected chi connectivity index (χ2v) is 7.88. The van der Waals surface area contributed by atoms with Gasteiger partial charge in [-0.15, -0.1) is 0 Å². The Bertz CT molecular complexity index is 949. The Hall–Kier alpha value is -2.49. The molecule has 0 fully saturated rings. The van der Waals surface area contributed by atoms with Crippen molar-refractivity contribution < 1.29 is 22.4 Å². The highest BCUT2D eigenvalue weighted by Crippen LogP contribution is 2.18. The predicted octanol–water partition coefficient (Wildman–Crippen LogP) is 1.78. The van der Waals surface area contributed by atoms with Crippen molar-refractivity contribution in [2.24, 2.45) is 0 Å². The molecule has 10 heteroatoms. The van der Waals surface area contributed by atoms with Gasteiger partial charge in [-0.05, 0) is 36.4 Å². The minimum Gasteiger partial charge on any atom is -0.344 e. The molecule has 0 saturated carbocycles. The van der Waals surface area contributed by atoms with Crippen molar-refractivity contribution in [2.75, 3.05) is 12.4 Å². The van der Waals surface area contributed by atoms with E-state index in [1.54, 1.807) is 24.3 Å². The lowest BCUT2D eigenvalue weighted by atomic mass is 10.1. The average Bonchev–Trinajstić information content (AvgIpc) is 2.63. The van der Waals surface area contributed by atoms with Crippen LogP contribution >= 0.6 is 11.6 Å². The fourth-order valence-corrected chi connectivity index (χ4v) is 2.96. The molecule has 0 atom stereocenters. The fourth-order valence-electron chi connectivity index (χ4n) is 2.07. The summed E-state index contributed by atoms with van der Waals surface area (Å²) in [5, 5.41) is 4.59. The first-order valence-electron chi connectivity index (χ1n) is 7.73. The van der Waals surface area contributed by atoms with Gasteiger partial charge in [0.1, 0.15) is 5.82 Å². The third-order valence-corrected chi connectivity index (χ3v) is 5.17. The molecule has 0 bridgehead atoms. The highest BCUT2D eigenvalue weighted by Gasteiger charge is 2.14. The van der Waals surface area contributed by atoms with E-state index in [1.165, 1.54) is 19.2 Å². The number of anilines is 1. The van der Waals surface area contributed by atoms with E-state index in [4.69, 9.17) is 11.6 Å². The first-order valence-corrected chi connectivity index (χ1v) is 9.76. The Morgan fingerprint density at radius 2 is 1.67 bits per heavy atom. The van der Waals surface area contributed by atoms with E-state index in [-0.39, 0.29) is 23.0 Å². The highest BCUT2D eigenvalue weighted by atomic mass is 35.5. The lowest BCUT2D eigenvalue weighted by Gasteiger charge is -2.08. The molecule has 144 valence electrons. The lowest BCUT2D eigenvalue weighted by Crippen LogP contribution is -2.35. The quantitative estimate of drug-likeness (QED) is 0.628. The van der Waals surface area contributed by atoms with Gasteiger partial charge in [0.15, 0.2) is 0 Å². The summed E-state index contributed by atoms with van der Waals surface area (Å²) in [5.41, 5.74) is 1.37. The number of carbonyl (C=O) groups is 2. The van der Waals surface area contributed by atoms with Gasteiger partial charge in [0.25, 0.3) is 0 Å². The second-order valence-electron chi connectivity index (χ2n) is 5.55. The Morgan fingerprint density at radius 1 is 1.04 bits per heavy atom. The van der Waals surface area contributed by atoms with Crippen molar-refractivity contribution in [1.29, 1.82) is 0 Å². The maximum atomic E-state index is 13.3. The number of hydrogen-bond donors (Lipinski definition) is 3. The topological polar surface area (TPSA) is 104 Å². The van der Waals surface area contributed by atoms with Gasteiger partial charge in [0, 0.05) is 12.2 Å². The summed E-state index contributed by atoms with van der Waals surface area (Å²) >= 11 is 5.55. The number of carbonyl (C=O) groups excluding carboxylic acids is 2. The molecule has 2 amide bonds. The van der Waals surface area contributed by atoms with Crippen LogP contribution in [0.1, 0.15) is 11.1 Å². The molecule has 2 aromatic rings. The zero-order valence-corrected chi connectivity index (χ0v) is 15.8. The molecule has 0 aromatic heterocycles. The third kappa shape index (κ3) is 6.31. The standard InChI is InChI=1S/C17H17ClFN3O4S/c1-20-27(25,26)10-12-4-2-11(3-5-12)9-21-16(23)17(24)22-13-6-7-14(18)15(19)8-13/h2-8,20H,9-10H2,1H3,(H,21,23)(H,22,24). The van der Waals surface area contributed by atoms with Crippen LogP contribution in [-0.4, -0.2) is 27.3 Å². The number of rotatable bonds is 6. The summed E-state index contributed by atoms with van der Waals surface area (Å²) < 4.78 is 38.5. The third-order valence-electron chi connectivity index (χ3n) is 3.53. The van der Waals surface area contributed by atoms with Gasteiger partial charge >= 0.3 is 11.8 Å². The Labute approximate surface area is 161 Å². The van der Waals surface area contributed by atoms with Gasteiger partial charge in [0.2, 0.25) is 10.0 Å². The number of hydrogen-bond acceptors (Lipinski definition) is 4. The zero-order chi connectivity index (χ0) is 20.0. The molecule has 27 heavy (non-hydrogen) atoms. The normalized spacial score (nSPS) is 11.1. The van der Waals surface area contributed by atoms with Crippen LogP contribution in [0.25, 0.3) is 0 Å². The maximum absolute atomic E-state index is 13.3. The first kappa shape index (κ1) is 20.8. The molecule has 0 unspecified atom stereocenters. The minimum absolute atomic E-state index is 0.0697. The van der Waals surface area contributed by atoms with Crippen LogP contribution in [-0.2, 0) is 31.9 Å². The second kappa shape index (κ2) is 8.94. The van der Waals surface area contributed by atoms with Crippen molar-refractivity contribution in [3.63, 3.8) is 0 Å². The van der Waals surface area contributed by atoms with E-state index in [0.29, 0.717) is 11.1 Å². The smallest absolute Gasteiger partial charge is 0.313 e. The molecule has 3 N–H and O–H groups in total. The summed E-state index contributed by atoms with van der Waals surface area (Å²) in [6.07, 6.45) is 0. The molecular weight excluding hydrogens is 397 g/mol. The van der Waals surface area contributed by atoms with E-state index in [1.807, 2.05) is 0 Å². The highest BCUT2D eigenvalue weighted by molar-refractivity contribution is 7.88. The van der Waals surface area contributed by atoms with Gasteiger partial charge in [-0.3, -0.25) is 9.59 Å². The van der Waals surface area contributed by atoms with E-state index in [0.717, 1.165) is 6.07 Å². The summed E-state index contributed by atoms with van der Waals surface area (Å²) in [7, 11) is -2.03. The fraction of sp³-hybridized carbons (Fsp3) is 0.176. The Morgan fingerprint density at radius 3 is 2.26 bits per heavy atom. The van der Waals surface area contributed by atoms with E-state index >= 15 is 0 Å². The summed E-state index contributed by atoms with van der Waals surface area (Å²) in [5.74, 6) is -2.72. The molecule has 0 heterocycles. The zero-order valence-electron chi connectivity index (χ0n) is 14.3. The van der Waals surface area contributed by atoms with E-state index in [2.05, 4.69) is 15.4 Å². The van der Waals surface area contributed by atoms with Crippen molar-refractivity contribution in [3.05, 3.63) is 64.4 Å². The van der Waals surface area contributed by atoms with Crippen molar-refractivity contribution >= 4 is 39.1 Å². The molecule has 0 aliphatic carbocycles. The van der Waals surface area contributed by atoms with Crippen molar-refractivity contribution in [3.8, 4) is 0 Å². The van der Waals surface area contributed by atoms with E-state index < -0.39 is 27.7 Å². The molecule has 7 nitrogen and oxygen atoms in total. The first-order chi connectivity index (χ1) is 12.7. The average molecular weight is 414 g/mol. The Balaban J connectivity index is 1.89. The predicted molar refractivity (Wildman–Crippen MR) is 100 cm³/mol. The number of sulfonamides is 1. The molecule has 0 spiro atoms. The van der Waals surface area contributed by atoms with Crippen LogP contribution < -0.4 is 15.4 Å². The van der Waals surface area contributed by atoms with Gasteiger partial charge in [-0.25, -0.2) is 17.5 Å². The van der Waals surface area contributed by atoms with Gasteiger partial charge in [0.05, 0.1) is 10.8 Å². The van der Waals surface area contributed by atoms with Gasteiger partial charge in [-0.2, -0.15) is 0 Å². The van der Waals surface area contributed by atoms with Crippen LogP contribution in [0, 0.1) is 5.82 Å². The number of amides is 2. The van der Waals surface area contributed by atoms with Crippen LogP contribution in [0.5, 0.6) is 0 Å². The van der Waals surface area contributed by atoms with Crippen LogP contribution in [0.2, 0.25) is 5.02 Å². The lowest BCUT2D eigenvalue weighted by molar-refractivity contribution is -0.136. The molecule has 2 aromatic carbocycles. The molecule has 0 aliphatic rings. The largest absolute Gasteiger partial charge is 0.344 e. The van der Waals surface area contributed by atoms with Crippen LogP contribution in [0.15, 0.2) is 42.5 Å². The van der Waals surface area contributed by atoms with Crippen molar-refractivity contribution in [2.45, 2.75) is 12.3 Å². The van der Waals surface area contributed by atoms with Crippen LogP contribution in [0.4, 0.5) is 10.1 Å². The Kier molecular flexibility index (Phi) is 6.89. The summed E-state index contributed by atoms with van der Waals surface area (Å²) in [4.78, 5) is 23.7. The number of benzene rings is 2. The monoisotopic (exact) mass is 413 g/mol. The maximum Gasteiger partial charge on any atom is 0.313 e. The summed E-state index contributed by atoms with van der Waals surface area (Å²) in [6.45, 7) is 0.0697. The molecule has 0 aliphatic heterocycles. The molecular formula is C17H17ClFN3O4S. The number of nitrogens with one attached hydrogen (secondary N) is 3.